The smallest absolute Gasteiger partial charge is 0.104 e. The molecule has 2 heterocycles. The van der Waals surface area contributed by atoms with Gasteiger partial charge in [0.2, 0.25) is 0 Å². The number of aryl methyl sites for hydroxylation is 1. The maximum absolute atomic E-state index is 4.69. The van der Waals surface area contributed by atoms with Gasteiger partial charge in [-0.3, -0.25) is 0 Å². The van der Waals surface area contributed by atoms with Crippen molar-refractivity contribution < 1.29 is 0 Å². The molecule has 1 aliphatic rings. The number of thiazole rings is 1. The van der Waals surface area contributed by atoms with Crippen LogP contribution in [0.4, 0.5) is 0 Å². The summed E-state index contributed by atoms with van der Waals surface area (Å²) in [6, 6.07) is 0. The van der Waals surface area contributed by atoms with Crippen LogP contribution in [0.1, 0.15) is 37.1 Å². The van der Waals surface area contributed by atoms with E-state index in [0.717, 1.165) is 15.0 Å². The van der Waals surface area contributed by atoms with Crippen molar-refractivity contribution in [2.75, 3.05) is 0 Å². The molecule has 0 N–H and O–H groups in total. The zero-order valence-corrected chi connectivity index (χ0v) is 11.8. The van der Waals surface area contributed by atoms with E-state index in [2.05, 4.69) is 44.1 Å². The highest BCUT2D eigenvalue weighted by molar-refractivity contribution is 7.43. The minimum absolute atomic E-state index is 0.535. The van der Waals surface area contributed by atoms with Crippen LogP contribution in [0.3, 0.4) is 0 Å². The van der Waals surface area contributed by atoms with Crippen LogP contribution in [-0.4, -0.2) is 4.98 Å². The fraction of sp³-hybridized carbons (Fsp3) is 0.462. The van der Waals surface area contributed by atoms with Gasteiger partial charge in [-0.15, -0.1) is 11.3 Å². The third-order valence-corrected chi connectivity index (χ3v) is 5.12. The third kappa shape index (κ3) is 2.61. The summed E-state index contributed by atoms with van der Waals surface area (Å²) < 4.78 is 0. The molecule has 0 amide bonds. The van der Waals surface area contributed by atoms with Gasteiger partial charge in [0, 0.05) is 5.38 Å². The summed E-state index contributed by atoms with van der Waals surface area (Å²) in [6.45, 7) is 6.67. The molecule has 3 heteroatoms. The molecule has 0 bridgehead atoms. The molecule has 86 valence electrons. The molecule has 2 rings (SSSR count). The third-order valence-electron chi connectivity index (χ3n) is 2.78. The van der Waals surface area contributed by atoms with E-state index in [0.29, 0.717) is 11.6 Å². The Balaban J connectivity index is 2.19. The van der Waals surface area contributed by atoms with Crippen molar-refractivity contribution in [1.29, 1.82) is 0 Å². The van der Waals surface area contributed by atoms with E-state index in [1.165, 1.54) is 16.3 Å². The first kappa shape index (κ1) is 12.0. The molecule has 0 aromatic carbocycles. The molecule has 0 saturated heterocycles. The molecule has 0 saturated carbocycles. The van der Waals surface area contributed by atoms with E-state index >= 15 is 0 Å². The lowest BCUT2D eigenvalue weighted by molar-refractivity contribution is 0.784. The van der Waals surface area contributed by atoms with Crippen LogP contribution in [0, 0.1) is 5.92 Å². The number of allylic oxidation sites excluding steroid dienone is 3. The van der Waals surface area contributed by atoms with Gasteiger partial charge in [0.1, 0.15) is 5.01 Å². The summed E-state index contributed by atoms with van der Waals surface area (Å²) in [6.07, 6.45) is 5.72. The second-order valence-corrected chi connectivity index (χ2v) is 6.51. The van der Waals surface area contributed by atoms with Gasteiger partial charge in [-0.1, -0.05) is 47.3 Å². The van der Waals surface area contributed by atoms with E-state index in [1.807, 2.05) is 11.3 Å². The summed E-state index contributed by atoms with van der Waals surface area (Å²) in [4.78, 5) is 4.69. The number of aromatic nitrogens is 1. The minimum atomic E-state index is 0.535. The Bertz CT molecular complexity index is 417. The molecule has 2 unspecified atom stereocenters. The minimum Gasteiger partial charge on any atom is -0.245 e. The lowest BCUT2D eigenvalue weighted by Crippen LogP contribution is -1.98. The Labute approximate surface area is 103 Å². The SMILES string of the molecule is CCc1csc(C2C=C(C(C)C)C=CP2)n1. The number of hydrogen-bond acceptors (Lipinski definition) is 2. The Hall–Kier alpha value is -0.460. The van der Waals surface area contributed by atoms with Crippen molar-refractivity contribution >= 4 is 19.9 Å². The molecular weight excluding hydrogens is 233 g/mol. The van der Waals surface area contributed by atoms with E-state index in [-0.39, 0.29) is 0 Å². The Morgan fingerprint density at radius 3 is 2.94 bits per heavy atom. The summed E-state index contributed by atoms with van der Waals surface area (Å²) >= 11 is 1.81. The van der Waals surface area contributed by atoms with Gasteiger partial charge in [-0.2, -0.15) is 0 Å². The molecule has 0 aliphatic carbocycles. The predicted octanol–water partition coefficient (Wildman–Crippen LogP) is 4.53. The van der Waals surface area contributed by atoms with Crippen molar-refractivity contribution in [3.05, 3.63) is 39.6 Å². The first-order valence-electron chi connectivity index (χ1n) is 5.79. The Morgan fingerprint density at radius 1 is 1.50 bits per heavy atom. The fourth-order valence-corrected chi connectivity index (χ4v) is 3.96. The molecule has 0 spiro atoms. The second kappa shape index (κ2) is 5.25. The highest BCUT2D eigenvalue weighted by Gasteiger charge is 2.16. The molecule has 1 aromatic heterocycles. The molecule has 1 nitrogen and oxygen atoms in total. The largest absolute Gasteiger partial charge is 0.245 e. The Kier molecular flexibility index (Phi) is 3.94. The molecular formula is C13H18NPS. The maximum Gasteiger partial charge on any atom is 0.104 e. The normalized spacial score (nSPS) is 21.8. The average molecular weight is 251 g/mol. The fourth-order valence-electron chi connectivity index (χ4n) is 1.70. The van der Waals surface area contributed by atoms with Crippen LogP contribution in [0.2, 0.25) is 0 Å². The number of nitrogens with zero attached hydrogens (tertiary/aromatic N) is 1. The quantitative estimate of drug-likeness (QED) is 0.719. The average Bonchev–Trinajstić information content (AvgIpc) is 2.77. The standard InChI is InChI=1S/C13H18NPS/c1-4-11-8-16-13(14-11)12-7-10(9(2)3)5-6-15-12/h5-9,12,15H,4H2,1-3H3. The van der Waals surface area contributed by atoms with Gasteiger partial charge >= 0.3 is 0 Å². The van der Waals surface area contributed by atoms with Gasteiger partial charge in [0.05, 0.1) is 11.4 Å². The molecule has 16 heavy (non-hydrogen) atoms. The molecule has 1 aromatic rings. The lowest BCUT2D eigenvalue weighted by atomic mass is 10.0. The van der Waals surface area contributed by atoms with Gasteiger partial charge in [-0.05, 0) is 17.9 Å². The Morgan fingerprint density at radius 2 is 2.31 bits per heavy atom. The summed E-state index contributed by atoms with van der Waals surface area (Å²) in [5, 5.41) is 3.48. The lowest BCUT2D eigenvalue weighted by Gasteiger charge is -2.16. The van der Waals surface area contributed by atoms with Gasteiger partial charge in [0.15, 0.2) is 0 Å². The van der Waals surface area contributed by atoms with Crippen molar-refractivity contribution in [2.24, 2.45) is 5.92 Å². The first-order chi connectivity index (χ1) is 7.70. The van der Waals surface area contributed by atoms with Crippen LogP contribution in [0.5, 0.6) is 0 Å². The van der Waals surface area contributed by atoms with E-state index in [9.17, 15) is 0 Å². The molecule has 1 aliphatic heterocycles. The van der Waals surface area contributed by atoms with Gasteiger partial charge in [0.25, 0.3) is 0 Å². The van der Waals surface area contributed by atoms with Crippen LogP contribution in [-0.2, 0) is 6.42 Å². The van der Waals surface area contributed by atoms with Gasteiger partial charge < -0.3 is 0 Å². The zero-order chi connectivity index (χ0) is 11.5. The van der Waals surface area contributed by atoms with Crippen LogP contribution in [0.15, 0.2) is 28.9 Å². The zero-order valence-electron chi connectivity index (χ0n) is 10.0. The van der Waals surface area contributed by atoms with Crippen molar-refractivity contribution in [2.45, 2.75) is 32.9 Å². The van der Waals surface area contributed by atoms with E-state index in [4.69, 9.17) is 4.98 Å². The van der Waals surface area contributed by atoms with Crippen LogP contribution >= 0.6 is 19.9 Å². The molecule has 0 fully saturated rings. The monoisotopic (exact) mass is 251 g/mol. The number of rotatable bonds is 3. The summed E-state index contributed by atoms with van der Waals surface area (Å²) in [5.41, 5.74) is 3.23. The van der Waals surface area contributed by atoms with Gasteiger partial charge in [-0.25, -0.2) is 4.98 Å². The van der Waals surface area contributed by atoms with Crippen molar-refractivity contribution in [3.8, 4) is 0 Å². The molecule has 2 atom stereocenters. The highest BCUT2D eigenvalue weighted by Crippen LogP contribution is 2.43. The number of hydrogen-bond donors (Lipinski definition) is 0. The van der Waals surface area contributed by atoms with E-state index < -0.39 is 0 Å². The molecule has 0 radical (unpaired) electrons. The maximum atomic E-state index is 4.69. The summed E-state index contributed by atoms with van der Waals surface area (Å²) in [7, 11) is 0.855. The predicted molar refractivity (Wildman–Crippen MR) is 74.6 cm³/mol. The topological polar surface area (TPSA) is 12.9 Å². The van der Waals surface area contributed by atoms with Crippen molar-refractivity contribution in [1.82, 2.24) is 4.98 Å². The van der Waals surface area contributed by atoms with Crippen LogP contribution in [0.25, 0.3) is 0 Å². The van der Waals surface area contributed by atoms with E-state index in [1.54, 1.807) is 0 Å². The first-order valence-corrected chi connectivity index (χ1v) is 7.82. The van der Waals surface area contributed by atoms with Crippen LogP contribution < -0.4 is 0 Å². The summed E-state index contributed by atoms with van der Waals surface area (Å²) in [5.74, 6) is 2.93. The highest BCUT2D eigenvalue weighted by atomic mass is 32.1. The van der Waals surface area contributed by atoms with Crippen molar-refractivity contribution in [3.63, 3.8) is 0 Å². The second-order valence-electron chi connectivity index (χ2n) is 4.33.